The van der Waals surface area contributed by atoms with Gasteiger partial charge in [-0.15, -0.1) is 0 Å². The van der Waals surface area contributed by atoms with Crippen molar-refractivity contribution < 1.29 is 4.79 Å². The third-order valence-corrected chi connectivity index (χ3v) is 4.27. The summed E-state index contributed by atoms with van der Waals surface area (Å²) in [5.41, 5.74) is 8.87. The molecule has 1 aromatic carbocycles. The van der Waals surface area contributed by atoms with Crippen LogP contribution in [0.3, 0.4) is 0 Å². The average Bonchev–Trinajstić information content (AvgIpc) is 2.54. The van der Waals surface area contributed by atoms with E-state index < -0.39 is 0 Å². The number of primary amides is 1. The number of rotatable bonds is 4. The van der Waals surface area contributed by atoms with Gasteiger partial charge in [0.2, 0.25) is 5.91 Å². The zero-order chi connectivity index (χ0) is 16.4. The SMILES string of the molecule is CN(C)c1cccc(CN2CCc3ccccc3C2C(N)=O)n1. The minimum absolute atomic E-state index is 0.305. The molecule has 1 aromatic heterocycles. The highest BCUT2D eigenvalue weighted by molar-refractivity contribution is 5.82. The zero-order valence-corrected chi connectivity index (χ0v) is 13.6. The number of hydrogen-bond donors (Lipinski definition) is 1. The van der Waals surface area contributed by atoms with Gasteiger partial charge in [0.1, 0.15) is 11.9 Å². The quantitative estimate of drug-likeness (QED) is 0.934. The molecule has 3 rings (SSSR count). The van der Waals surface area contributed by atoms with Gasteiger partial charge in [-0.1, -0.05) is 30.3 Å². The van der Waals surface area contributed by atoms with Crippen LogP contribution in [0.25, 0.3) is 0 Å². The maximum Gasteiger partial charge on any atom is 0.239 e. The van der Waals surface area contributed by atoms with Crippen LogP contribution in [0.2, 0.25) is 0 Å². The third-order valence-electron chi connectivity index (χ3n) is 4.27. The van der Waals surface area contributed by atoms with Crippen molar-refractivity contribution in [1.82, 2.24) is 9.88 Å². The Balaban J connectivity index is 1.88. The van der Waals surface area contributed by atoms with Gasteiger partial charge in [-0.2, -0.15) is 0 Å². The molecule has 0 bridgehead atoms. The van der Waals surface area contributed by atoms with Crippen molar-refractivity contribution in [2.45, 2.75) is 19.0 Å². The fraction of sp³-hybridized carbons (Fsp3) is 0.333. The maximum atomic E-state index is 12.0. The Labute approximate surface area is 136 Å². The lowest BCUT2D eigenvalue weighted by Gasteiger charge is -2.35. The van der Waals surface area contributed by atoms with E-state index in [0.717, 1.165) is 30.0 Å². The molecule has 5 nitrogen and oxygen atoms in total. The largest absolute Gasteiger partial charge is 0.368 e. The summed E-state index contributed by atoms with van der Waals surface area (Å²) in [4.78, 5) is 20.8. The molecular weight excluding hydrogens is 288 g/mol. The predicted molar refractivity (Wildman–Crippen MR) is 91.1 cm³/mol. The van der Waals surface area contributed by atoms with Gasteiger partial charge in [-0.25, -0.2) is 4.98 Å². The van der Waals surface area contributed by atoms with E-state index in [2.05, 4.69) is 16.0 Å². The van der Waals surface area contributed by atoms with Crippen LogP contribution < -0.4 is 10.6 Å². The highest BCUT2D eigenvalue weighted by Crippen LogP contribution is 2.30. The fourth-order valence-corrected chi connectivity index (χ4v) is 3.13. The molecule has 0 saturated carbocycles. The van der Waals surface area contributed by atoms with Gasteiger partial charge in [0.05, 0.1) is 5.69 Å². The molecule has 23 heavy (non-hydrogen) atoms. The smallest absolute Gasteiger partial charge is 0.239 e. The number of pyridine rings is 1. The lowest BCUT2D eigenvalue weighted by molar-refractivity contribution is -0.124. The third kappa shape index (κ3) is 3.19. The Hall–Kier alpha value is -2.40. The van der Waals surface area contributed by atoms with Crippen LogP contribution in [0.15, 0.2) is 42.5 Å². The molecule has 1 aliphatic heterocycles. The topological polar surface area (TPSA) is 62.5 Å². The van der Waals surface area contributed by atoms with Crippen molar-refractivity contribution in [2.75, 3.05) is 25.5 Å². The molecule has 0 radical (unpaired) electrons. The number of fused-ring (bicyclic) bond motifs is 1. The molecule has 1 atom stereocenters. The van der Waals surface area contributed by atoms with Crippen molar-refractivity contribution in [2.24, 2.45) is 5.73 Å². The van der Waals surface area contributed by atoms with Gasteiger partial charge in [-0.05, 0) is 29.7 Å². The predicted octanol–water partition coefficient (Wildman–Crippen LogP) is 1.73. The first-order valence-corrected chi connectivity index (χ1v) is 7.80. The van der Waals surface area contributed by atoms with Crippen LogP contribution in [-0.2, 0) is 17.8 Å². The monoisotopic (exact) mass is 310 g/mol. The molecule has 1 amide bonds. The van der Waals surface area contributed by atoms with Gasteiger partial charge in [0.15, 0.2) is 0 Å². The summed E-state index contributed by atoms with van der Waals surface area (Å²) in [5, 5.41) is 0. The van der Waals surface area contributed by atoms with Gasteiger partial charge in [0, 0.05) is 27.2 Å². The van der Waals surface area contributed by atoms with E-state index in [-0.39, 0.29) is 11.9 Å². The second kappa shape index (κ2) is 6.38. The van der Waals surface area contributed by atoms with Crippen LogP contribution in [0.5, 0.6) is 0 Å². The molecule has 2 N–H and O–H groups in total. The van der Waals surface area contributed by atoms with Gasteiger partial charge < -0.3 is 10.6 Å². The highest BCUT2D eigenvalue weighted by atomic mass is 16.1. The van der Waals surface area contributed by atoms with Crippen molar-refractivity contribution in [1.29, 1.82) is 0 Å². The lowest BCUT2D eigenvalue weighted by Crippen LogP contribution is -2.42. The molecule has 2 aromatic rings. The number of hydrogen-bond acceptors (Lipinski definition) is 4. The summed E-state index contributed by atoms with van der Waals surface area (Å²) in [6.07, 6.45) is 0.924. The van der Waals surface area contributed by atoms with E-state index in [9.17, 15) is 4.79 Å². The van der Waals surface area contributed by atoms with Crippen LogP contribution in [0.4, 0.5) is 5.82 Å². The first kappa shape index (κ1) is 15.5. The van der Waals surface area contributed by atoms with Crippen LogP contribution in [0, 0.1) is 0 Å². The molecule has 0 fully saturated rings. The Kier molecular flexibility index (Phi) is 4.30. The number of carbonyl (C=O) groups is 1. The van der Waals surface area contributed by atoms with Crippen molar-refractivity contribution >= 4 is 11.7 Å². The van der Waals surface area contributed by atoms with E-state index in [1.807, 2.05) is 55.4 Å². The number of anilines is 1. The van der Waals surface area contributed by atoms with E-state index in [0.29, 0.717) is 6.54 Å². The summed E-state index contributed by atoms with van der Waals surface area (Å²) in [5.74, 6) is 0.608. The summed E-state index contributed by atoms with van der Waals surface area (Å²) < 4.78 is 0. The lowest BCUT2D eigenvalue weighted by atomic mass is 9.92. The Bertz CT molecular complexity index is 714. The maximum absolute atomic E-state index is 12.0. The van der Waals surface area contributed by atoms with Crippen LogP contribution >= 0.6 is 0 Å². The minimum atomic E-state index is -0.384. The fourth-order valence-electron chi connectivity index (χ4n) is 3.13. The standard InChI is InChI=1S/C18H22N4O/c1-21(2)16-9-5-7-14(20-16)12-22-11-10-13-6-3-4-8-15(13)17(22)18(19)23/h3-9,17H,10-12H2,1-2H3,(H2,19,23). The number of carbonyl (C=O) groups excluding carboxylic acids is 1. The second-order valence-corrected chi connectivity index (χ2v) is 6.11. The van der Waals surface area contributed by atoms with Gasteiger partial charge in [-0.3, -0.25) is 9.69 Å². The molecular formula is C18H22N4O. The number of amides is 1. The molecule has 2 heterocycles. The molecule has 5 heteroatoms. The van der Waals surface area contributed by atoms with Crippen molar-refractivity contribution in [3.05, 3.63) is 59.3 Å². The van der Waals surface area contributed by atoms with E-state index in [1.54, 1.807) is 0 Å². The molecule has 0 spiro atoms. The van der Waals surface area contributed by atoms with E-state index >= 15 is 0 Å². The number of nitrogens with zero attached hydrogens (tertiary/aromatic N) is 3. The number of benzene rings is 1. The normalized spacial score (nSPS) is 17.6. The van der Waals surface area contributed by atoms with E-state index in [4.69, 9.17) is 5.73 Å². The number of aromatic nitrogens is 1. The molecule has 1 unspecified atom stereocenters. The summed E-state index contributed by atoms with van der Waals surface area (Å²) >= 11 is 0. The zero-order valence-electron chi connectivity index (χ0n) is 13.6. The summed E-state index contributed by atoms with van der Waals surface area (Å²) in [6.45, 7) is 1.42. The van der Waals surface area contributed by atoms with Gasteiger partial charge >= 0.3 is 0 Å². The molecule has 0 aliphatic carbocycles. The first-order valence-electron chi connectivity index (χ1n) is 7.80. The van der Waals surface area contributed by atoms with Crippen molar-refractivity contribution in [3.8, 4) is 0 Å². The van der Waals surface area contributed by atoms with Gasteiger partial charge in [0.25, 0.3) is 0 Å². The second-order valence-electron chi connectivity index (χ2n) is 6.11. The van der Waals surface area contributed by atoms with E-state index in [1.165, 1.54) is 5.56 Å². The average molecular weight is 310 g/mol. The molecule has 120 valence electrons. The summed E-state index contributed by atoms with van der Waals surface area (Å²) in [6, 6.07) is 13.6. The highest BCUT2D eigenvalue weighted by Gasteiger charge is 2.31. The molecule has 0 saturated heterocycles. The number of nitrogens with two attached hydrogens (primary N) is 1. The van der Waals surface area contributed by atoms with Crippen molar-refractivity contribution in [3.63, 3.8) is 0 Å². The Morgan fingerprint density at radius 1 is 1.26 bits per heavy atom. The summed E-state index contributed by atoms with van der Waals surface area (Å²) in [7, 11) is 3.94. The Morgan fingerprint density at radius 3 is 2.78 bits per heavy atom. The first-order chi connectivity index (χ1) is 11.1. The van der Waals surface area contributed by atoms with Crippen LogP contribution in [0.1, 0.15) is 22.9 Å². The van der Waals surface area contributed by atoms with Crippen LogP contribution in [-0.4, -0.2) is 36.4 Å². The minimum Gasteiger partial charge on any atom is -0.368 e. The Morgan fingerprint density at radius 2 is 2.04 bits per heavy atom. The molecule has 1 aliphatic rings.